The van der Waals surface area contributed by atoms with Crippen molar-refractivity contribution >= 4 is 29.9 Å². The number of ether oxygens (including phenoxy) is 4. The first-order chi connectivity index (χ1) is 21.1. The fraction of sp³-hybridized carbons (Fsp3) is 0.357. The summed E-state index contributed by atoms with van der Waals surface area (Å²) in [6, 6.07) is 8.73. The van der Waals surface area contributed by atoms with Crippen molar-refractivity contribution in [2.24, 2.45) is 28.0 Å². The first kappa shape index (κ1) is 36.4. The lowest BCUT2D eigenvalue weighted by molar-refractivity contribution is -0.114. The SMILES string of the molecule is C/C(=C\c1cc(F)c(Oc2ccc(SNCCOCCOCCOCCN(N)/C=C(\N)CO)cc2)c(F)c1)C(=O)N=C(N)N. The maximum atomic E-state index is 14.6. The number of aliphatic imine (C=N–C) groups is 1. The molecule has 0 unspecified atom stereocenters. The van der Waals surface area contributed by atoms with Crippen molar-refractivity contribution in [1.82, 2.24) is 9.73 Å². The number of benzene rings is 2. The van der Waals surface area contributed by atoms with Gasteiger partial charge in [-0.15, -0.1) is 0 Å². The lowest BCUT2D eigenvalue weighted by Crippen LogP contribution is -2.30. The van der Waals surface area contributed by atoms with Crippen LogP contribution in [0.25, 0.3) is 6.08 Å². The summed E-state index contributed by atoms with van der Waals surface area (Å²) in [6.45, 7) is 4.71. The van der Waals surface area contributed by atoms with Crippen LogP contribution in [0.2, 0.25) is 0 Å². The van der Waals surface area contributed by atoms with E-state index in [0.29, 0.717) is 52.7 Å². The van der Waals surface area contributed by atoms with Gasteiger partial charge < -0.3 is 46.3 Å². The van der Waals surface area contributed by atoms with Gasteiger partial charge in [-0.2, -0.15) is 4.99 Å². The number of carbonyl (C=O) groups excluding carboxylic acids is 1. The highest BCUT2D eigenvalue weighted by Crippen LogP contribution is 2.30. The van der Waals surface area contributed by atoms with Crippen molar-refractivity contribution in [3.8, 4) is 11.5 Å². The molecular weight excluding hydrogens is 600 g/mol. The van der Waals surface area contributed by atoms with Crippen LogP contribution in [0, 0.1) is 11.6 Å². The largest absolute Gasteiger partial charge is 0.451 e. The number of hydrazine groups is 1. The van der Waals surface area contributed by atoms with Gasteiger partial charge in [-0.25, -0.2) is 14.6 Å². The van der Waals surface area contributed by atoms with Gasteiger partial charge in [-0.05, 0) is 66.9 Å². The molecule has 2 aromatic rings. The molecule has 13 nitrogen and oxygen atoms in total. The predicted octanol–water partition coefficient (Wildman–Crippen LogP) is 1.58. The average Bonchev–Trinajstić information content (AvgIpc) is 2.97. The van der Waals surface area contributed by atoms with E-state index in [9.17, 15) is 13.6 Å². The molecular formula is C28H39F2N7O6S. The van der Waals surface area contributed by atoms with Gasteiger partial charge in [0.05, 0.1) is 58.5 Å². The number of amides is 1. The van der Waals surface area contributed by atoms with Crippen LogP contribution in [0.5, 0.6) is 11.5 Å². The minimum atomic E-state index is -0.939. The normalized spacial score (nSPS) is 11.8. The highest BCUT2D eigenvalue weighted by atomic mass is 32.2. The highest BCUT2D eigenvalue weighted by Gasteiger charge is 2.14. The molecule has 0 aliphatic carbocycles. The molecule has 0 bridgehead atoms. The molecule has 0 heterocycles. The van der Waals surface area contributed by atoms with Gasteiger partial charge in [-0.1, -0.05) is 0 Å². The van der Waals surface area contributed by atoms with E-state index in [4.69, 9.17) is 47.1 Å². The summed E-state index contributed by atoms with van der Waals surface area (Å²) >= 11 is 1.37. The van der Waals surface area contributed by atoms with E-state index >= 15 is 0 Å². The number of hydrogen-bond donors (Lipinski definition) is 6. The van der Waals surface area contributed by atoms with E-state index in [0.717, 1.165) is 17.0 Å². The molecule has 242 valence electrons. The van der Waals surface area contributed by atoms with Gasteiger partial charge in [0.25, 0.3) is 5.91 Å². The predicted molar refractivity (Wildman–Crippen MR) is 164 cm³/mol. The number of nitrogens with two attached hydrogens (primary N) is 4. The second-order valence-electron chi connectivity index (χ2n) is 8.99. The maximum Gasteiger partial charge on any atom is 0.275 e. The summed E-state index contributed by atoms with van der Waals surface area (Å²) in [5, 5.41) is 10.2. The molecule has 0 spiro atoms. The Hall–Kier alpha value is -3.77. The molecule has 0 aromatic heterocycles. The first-order valence-electron chi connectivity index (χ1n) is 13.4. The molecule has 0 aliphatic heterocycles. The Bertz CT molecular complexity index is 1250. The number of halogens is 2. The zero-order valence-corrected chi connectivity index (χ0v) is 25.2. The maximum absolute atomic E-state index is 14.6. The standard InChI is InChI=1S/C28H39F2N7O6S/c1-19(27(39)36-28(32)33)14-20-15-24(29)26(25(30)16-20)43-22-2-4-23(5-3-22)44-35-6-8-40-10-12-42-13-11-41-9-7-37(34)17-21(31)18-38/h2-5,14-17,35,38H,6-13,18,31,34H2,1H3,(H4,32,33,36,39)/b19-14+,21-17-. The highest BCUT2D eigenvalue weighted by molar-refractivity contribution is 7.97. The average molecular weight is 640 g/mol. The molecule has 10 N–H and O–H groups in total. The number of aliphatic hydroxyl groups is 1. The Morgan fingerprint density at radius 1 is 1.00 bits per heavy atom. The fourth-order valence-corrected chi connectivity index (χ4v) is 3.87. The van der Waals surface area contributed by atoms with E-state index in [2.05, 4.69) is 9.71 Å². The smallest absolute Gasteiger partial charge is 0.275 e. The summed E-state index contributed by atoms with van der Waals surface area (Å²) in [4.78, 5) is 16.1. The molecule has 2 aromatic carbocycles. The van der Waals surface area contributed by atoms with Gasteiger partial charge in [0.2, 0.25) is 0 Å². The van der Waals surface area contributed by atoms with Crippen LogP contribution in [0.15, 0.2) is 63.8 Å². The first-order valence-corrected chi connectivity index (χ1v) is 14.2. The Balaban J connectivity index is 1.62. The van der Waals surface area contributed by atoms with Crippen LogP contribution < -0.4 is 32.5 Å². The van der Waals surface area contributed by atoms with E-state index in [1.807, 2.05) is 0 Å². The van der Waals surface area contributed by atoms with Crippen molar-refractivity contribution in [2.75, 3.05) is 59.3 Å². The second kappa shape index (κ2) is 20.2. The molecule has 0 atom stereocenters. The van der Waals surface area contributed by atoms with E-state index in [1.165, 1.54) is 36.2 Å². The minimum absolute atomic E-state index is 0.0963. The van der Waals surface area contributed by atoms with Crippen molar-refractivity contribution in [3.63, 3.8) is 0 Å². The van der Waals surface area contributed by atoms with E-state index < -0.39 is 29.3 Å². The fourth-order valence-electron chi connectivity index (χ4n) is 3.25. The van der Waals surface area contributed by atoms with Crippen LogP contribution in [0.1, 0.15) is 12.5 Å². The lowest BCUT2D eigenvalue weighted by atomic mass is 10.1. The minimum Gasteiger partial charge on any atom is -0.451 e. The summed E-state index contributed by atoms with van der Waals surface area (Å²) in [7, 11) is 0. The third-order valence-corrected chi connectivity index (χ3v) is 6.16. The van der Waals surface area contributed by atoms with Gasteiger partial charge in [0.15, 0.2) is 23.3 Å². The number of hydrogen-bond acceptors (Lipinski definition) is 11. The zero-order valence-electron chi connectivity index (χ0n) is 24.3. The molecule has 16 heteroatoms. The number of nitrogens with one attached hydrogen (secondary N) is 1. The van der Waals surface area contributed by atoms with Crippen molar-refractivity contribution in [3.05, 3.63) is 71.1 Å². The molecule has 1 amide bonds. The van der Waals surface area contributed by atoms with E-state index in [1.54, 1.807) is 24.3 Å². The molecule has 44 heavy (non-hydrogen) atoms. The van der Waals surface area contributed by atoms with Crippen LogP contribution >= 0.6 is 11.9 Å². The second-order valence-corrected chi connectivity index (χ2v) is 9.95. The molecule has 0 saturated carbocycles. The number of nitrogens with zero attached hydrogens (tertiary/aromatic N) is 2. The van der Waals surface area contributed by atoms with Crippen molar-refractivity contribution in [2.45, 2.75) is 11.8 Å². The van der Waals surface area contributed by atoms with E-state index in [-0.39, 0.29) is 29.2 Å². The third kappa shape index (κ3) is 14.6. The molecule has 0 radical (unpaired) electrons. The summed E-state index contributed by atoms with van der Waals surface area (Å²) in [5.74, 6) is 2.33. The monoisotopic (exact) mass is 639 g/mol. The quantitative estimate of drug-likeness (QED) is 0.0232. The Labute approximate surface area is 258 Å². The summed E-state index contributed by atoms with van der Waals surface area (Å²) in [6.07, 6.45) is 2.70. The number of rotatable bonds is 20. The molecule has 0 saturated heterocycles. The number of guanidine groups is 1. The Morgan fingerprint density at radius 3 is 2.18 bits per heavy atom. The van der Waals surface area contributed by atoms with Crippen LogP contribution in [0.4, 0.5) is 8.78 Å². The topological polar surface area (TPSA) is 206 Å². The molecule has 0 aliphatic rings. The number of carbonyl (C=O) groups is 1. The van der Waals surface area contributed by atoms with Crippen LogP contribution in [-0.2, 0) is 19.0 Å². The van der Waals surface area contributed by atoms with Gasteiger partial charge in [0.1, 0.15) is 5.75 Å². The zero-order chi connectivity index (χ0) is 32.3. The third-order valence-electron chi connectivity index (χ3n) is 5.31. The molecule has 0 fully saturated rings. The van der Waals surface area contributed by atoms with Gasteiger partial charge >= 0.3 is 0 Å². The Morgan fingerprint density at radius 2 is 1.59 bits per heavy atom. The summed E-state index contributed by atoms with van der Waals surface area (Å²) in [5.41, 5.74) is 16.3. The van der Waals surface area contributed by atoms with Crippen molar-refractivity contribution < 1.29 is 37.6 Å². The van der Waals surface area contributed by atoms with Gasteiger partial charge in [0, 0.05) is 23.2 Å². The van der Waals surface area contributed by atoms with Crippen LogP contribution in [-0.4, -0.2) is 81.3 Å². The van der Waals surface area contributed by atoms with Gasteiger partial charge in [-0.3, -0.25) is 9.52 Å². The Kier molecular flexibility index (Phi) is 16.8. The van der Waals surface area contributed by atoms with Crippen molar-refractivity contribution in [1.29, 1.82) is 0 Å². The lowest BCUT2D eigenvalue weighted by Gasteiger charge is -2.14. The number of aliphatic hydroxyl groups excluding tert-OH is 1. The summed E-state index contributed by atoms with van der Waals surface area (Å²) < 4.78 is 54.1. The van der Waals surface area contributed by atoms with Crippen LogP contribution in [0.3, 0.4) is 0 Å². The molecule has 2 rings (SSSR count).